The molecule has 0 saturated carbocycles. The highest BCUT2D eigenvalue weighted by Crippen LogP contribution is 2.29. The van der Waals surface area contributed by atoms with E-state index in [0.717, 1.165) is 11.5 Å². The topological polar surface area (TPSA) is 99.2 Å². The standard InChI is InChI=1S/C12H14N4O3S/c1-5-8(6(2)14-13-5)10(17)16(4)11-9(12(18)19)7(3)15-20-11/h1-4H3,(H,13,14)(H,18,19). The second kappa shape index (κ2) is 5.04. The second-order valence-electron chi connectivity index (χ2n) is 4.43. The lowest BCUT2D eigenvalue weighted by Gasteiger charge is -2.15. The summed E-state index contributed by atoms with van der Waals surface area (Å²) in [6.45, 7) is 5.08. The number of amides is 1. The zero-order valence-corrected chi connectivity index (χ0v) is 12.3. The number of aromatic carboxylic acids is 1. The Morgan fingerprint density at radius 3 is 2.35 bits per heavy atom. The third-order valence-corrected chi connectivity index (χ3v) is 4.03. The van der Waals surface area contributed by atoms with Crippen molar-refractivity contribution >= 4 is 28.4 Å². The van der Waals surface area contributed by atoms with Crippen LogP contribution in [0, 0.1) is 20.8 Å². The number of anilines is 1. The van der Waals surface area contributed by atoms with Crippen molar-refractivity contribution in [3.05, 3.63) is 28.2 Å². The van der Waals surface area contributed by atoms with Gasteiger partial charge in [-0.1, -0.05) is 0 Å². The van der Waals surface area contributed by atoms with Crippen molar-refractivity contribution < 1.29 is 14.7 Å². The van der Waals surface area contributed by atoms with Gasteiger partial charge in [-0.05, 0) is 32.3 Å². The Labute approximate surface area is 119 Å². The average Bonchev–Trinajstić information content (AvgIpc) is 2.91. The number of aromatic amines is 1. The van der Waals surface area contributed by atoms with Crippen LogP contribution in [0.3, 0.4) is 0 Å². The van der Waals surface area contributed by atoms with Gasteiger partial charge in [-0.25, -0.2) is 4.79 Å². The fraction of sp³-hybridized carbons (Fsp3) is 0.333. The Hall–Kier alpha value is -2.22. The van der Waals surface area contributed by atoms with Crippen molar-refractivity contribution in [2.45, 2.75) is 20.8 Å². The molecule has 8 heteroatoms. The van der Waals surface area contributed by atoms with E-state index in [9.17, 15) is 14.7 Å². The fourth-order valence-electron chi connectivity index (χ4n) is 1.96. The minimum atomic E-state index is -1.09. The van der Waals surface area contributed by atoms with Crippen LogP contribution in [0.5, 0.6) is 0 Å². The van der Waals surface area contributed by atoms with Crippen LogP contribution in [0.1, 0.15) is 37.8 Å². The zero-order chi connectivity index (χ0) is 15.0. The molecule has 0 aliphatic rings. The molecule has 2 N–H and O–H groups in total. The molecule has 2 aromatic rings. The molecule has 20 heavy (non-hydrogen) atoms. The average molecular weight is 294 g/mol. The summed E-state index contributed by atoms with van der Waals surface area (Å²) in [6, 6.07) is 0. The van der Waals surface area contributed by atoms with Gasteiger partial charge in [-0.15, -0.1) is 0 Å². The van der Waals surface area contributed by atoms with E-state index < -0.39 is 5.97 Å². The van der Waals surface area contributed by atoms with E-state index in [1.165, 1.54) is 11.9 Å². The van der Waals surface area contributed by atoms with Gasteiger partial charge in [0.25, 0.3) is 5.91 Å². The smallest absolute Gasteiger partial charge is 0.340 e. The number of carbonyl (C=O) groups excluding carboxylic acids is 1. The Bertz CT molecular complexity index is 669. The Morgan fingerprint density at radius 2 is 1.85 bits per heavy atom. The van der Waals surface area contributed by atoms with E-state index in [1.807, 2.05) is 0 Å². The summed E-state index contributed by atoms with van der Waals surface area (Å²) < 4.78 is 4.01. The van der Waals surface area contributed by atoms with Crippen molar-refractivity contribution in [1.82, 2.24) is 14.6 Å². The lowest BCUT2D eigenvalue weighted by molar-refractivity contribution is 0.0697. The third kappa shape index (κ3) is 2.18. The number of aryl methyl sites for hydroxylation is 3. The Kier molecular flexibility index (Phi) is 3.58. The molecule has 0 unspecified atom stereocenters. The van der Waals surface area contributed by atoms with Crippen LogP contribution in [-0.4, -0.2) is 38.6 Å². The third-order valence-electron chi connectivity index (χ3n) is 3.01. The van der Waals surface area contributed by atoms with E-state index in [4.69, 9.17) is 0 Å². The highest BCUT2D eigenvalue weighted by atomic mass is 32.1. The Morgan fingerprint density at radius 1 is 1.20 bits per heavy atom. The molecule has 0 aromatic carbocycles. The van der Waals surface area contributed by atoms with E-state index in [-0.39, 0.29) is 11.5 Å². The predicted octanol–water partition coefficient (Wildman–Crippen LogP) is 1.77. The van der Waals surface area contributed by atoms with Crippen molar-refractivity contribution in [2.75, 3.05) is 11.9 Å². The molecule has 106 valence electrons. The second-order valence-corrected chi connectivity index (χ2v) is 5.18. The molecule has 1 amide bonds. The number of carbonyl (C=O) groups is 2. The van der Waals surface area contributed by atoms with Crippen LogP contribution in [0.25, 0.3) is 0 Å². The van der Waals surface area contributed by atoms with Gasteiger partial charge < -0.3 is 10.0 Å². The number of nitrogens with zero attached hydrogens (tertiary/aromatic N) is 3. The normalized spacial score (nSPS) is 10.6. The molecular formula is C12H14N4O3S. The molecule has 2 heterocycles. The van der Waals surface area contributed by atoms with Crippen molar-refractivity contribution in [1.29, 1.82) is 0 Å². The summed E-state index contributed by atoms with van der Waals surface area (Å²) in [6.07, 6.45) is 0. The maximum absolute atomic E-state index is 12.5. The first-order valence-electron chi connectivity index (χ1n) is 5.83. The fourth-order valence-corrected chi connectivity index (χ4v) is 2.81. The summed E-state index contributed by atoms with van der Waals surface area (Å²) in [5.41, 5.74) is 2.15. The monoisotopic (exact) mass is 294 g/mol. The van der Waals surface area contributed by atoms with Gasteiger partial charge in [0, 0.05) is 12.7 Å². The first-order chi connectivity index (χ1) is 9.34. The minimum Gasteiger partial charge on any atom is -0.478 e. The number of H-pyrrole nitrogens is 1. The summed E-state index contributed by atoms with van der Waals surface area (Å²) in [5.74, 6) is -1.40. The van der Waals surface area contributed by atoms with Crippen LogP contribution in [-0.2, 0) is 0 Å². The van der Waals surface area contributed by atoms with Gasteiger partial charge in [-0.2, -0.15) is 9.47 Å². The predicted molar refractivity (Wildman–Crippen MR) is 74.6 cm³/mol. The van der Waals surface area contributed by atoms with E-state index in [1.54, 1.807) is 20.8 Å². The zero-order valence-electron chi connectivity index (χ0n) is 11.5. The van der Waals surface area contributed by atoms with Gasteiger partial charge in [0.05, 0.1) is 17.0 Å². The van der Waals surface area contributed by atoms with Crippen LogP contribution in [0.2, 0.25) is 0 Å². The highest BCUT2D eigenvalue weighted by molar-refractivity contribution is 7.11. The maximum Gasteiger partial charge on any atom is 0.340 e. The van der Waals surface area contributed by atoms with E-state index in [0.29, 0.717) is 27.6 Å². The number of hydrogen-bond donors (Lipinski definition) is 2. The lowest BCUT2D eigenvalue weighted by atomic mass is 10.1. The quantitative estimate of drug-likeness (QED) is 0.898. The van der Waals surface area contributed by atoms with E-state index in [2.05, 4.69) is 14.6 Å². The maximum atomic E-state index is 12.5. The minimum absolute atomic E-state index is 0.0599. The molecule has 0 bridgehead atoms. The molecule has 0 saturated heterocycles. The van der Waals surface area contributed by atoms with Crippen molar-refractivity contribution in [3.8, 4) is 0 Å². The largest absolute Gasteiger partial charge is 0.478 e. The SMILES string of the molecule is Cc1n[nH]c(C)c1C(=O)N(C)c1snc(C)c1C(=O)O. The highest BCUT2D eigenvalue weighted by Gasteiger charge is 2.27. The van der Waals surface area contributed by atoms with Crippen LogP contribution >= 0.6 is 11.5 Å². The molecule has 0 aliphatic heterocycles. The molecule has 2 rings (SSSR count). The molecule has 0 atom stereocenters. The number of rotatable bonds is 3. The molecule has 0 spiro atoms. The number of carboxylic acid groups (broad SMARTS) is 1. The summed E-state index contributed by atoms with van der Waals surface area (Å²) in [5, 5.41) is 16.3. The number of aromatic nitrogens is 3. The van der Waals surface area contributed by atoms with Crippen LogP contribution in [0.15, 0.2) is 0 Å². The van der Waals surface area contributed by atoms with Gasteiger partial charge >= 0.3 is 5.97 Å². The van der Waals surface area contributed by atoms with Gasteiger partial charge in [0.15, 0.2) is 0 Å². The van der Waals surface area contributed by atoms with Gasteiger partial charge in [0.2, 0.25) is 0 Å². The molecular weight excluding hydrogens is 280 g/mol. The summed E-state index contributed by atoms with van der Waals surface area (Å²) >= 11 is 0.994. The lowest BCUT2D eigenvalue weighted by Crippen LogP contribution is -2.27. The van der Waals surface area contributed by atoms with Crippen LogP contribution in [0.4, 0.5) is 5.00 Å². The van der Waals surface area contributed by atoms with Gasteiger partial charge in [-0.3, -0.25) is 9.89 Å². The van der Waals surface area contributed by atoms with Crippen molar-refractivity contribution in [2.24, 2.45) is 0 Å². The first kappa shape index (κ1) is 14.2. The Balaban J connectivity index is 2.45. The van der Waals surface area contributed by atoms with Crippen molar-refractivity contribution in [3.63, 3.8) is 0 Å². The number of carboxylic acids is 1. The molecule has 0 aliphatic carbocycles. The summed E-state index contributed by atoms with van der Waals surface area (Å²) in [7, 11) is 1.54. The molecule has 0 radical (unpaired) electrons. The number of nitrogens with one attached hydrogen (secondary N) is 1. The number of hydrogen-bond acceptors (Lipinski definition) is 5. The summed E-state index contributed by atoms with van der Waals surface area (Å²) in [4.78, 5) is 25.0. The molecule has 2 aromatic heterocycles. The molecule has 7 nitrogen and oxygen atoms in total. The first-order valence-corrected chi connectivity index (χ1v) is 6.61. The molecule has 0 fully saturated rings. The van der Waals surface area contributed by atoms with E-state index >= 15 is 0 Å². The van der Waals surface area contributed by atoms with Gasteiger partial charge in [0.1, 0.15) is 10.6 Å². The van der Waals surface area contributed by atoms with Crippen LogP contribution < -0.4 is 4.90 Å².